The van der Waals surface area contributed by atoms with Crippen LogP contribution >= 0.6 is 0 Å². The zero-order valence-electron chi connectivity index (χ0n) is 11.0. The minimum atomic E-state index is -0.768. The molecule has 0 spiro atoms. The largest absolute Gasteiger partial charge is 0.481 e. The van der Waals surface area contributed by atoms with Gasteiger partial charge in [0.1, 0.15) is 0 Å². The highest BCUT2D eigenvalue weighted by molar-refractivity contribution is 5.75. The first-order valence-corrected chi connectivity index (χ1v) is 6.99. The Kier molecular flexibility index (Phi) is 4.63. The summed E-state index contributed by atoms with van der Waals surface area (Å²) in [6.07, 6.45) is 3.78. The molecule has 0 aromatic rings. The van der Waals surface area contributed by atoms with E-state index in [1.807, 2.05) is 0 Å². The molecule has 1 heterocycles. The van der Waals surface area contributed by atoms with Gasteiger partial charge in [0.05, 0.1) is 5.92 Å². The number of aliphatic carboxylic acids is 1. The van der Waals surface area contributed by atoms with Gasteiger partial charge in [0.15, 0.2) is 0 Å². The molecule has 1 saturated heterocycles. The van der Waals surface area contributed by atoms with Crippen molar-refractivity contribution >= 4 is 12.0 Å². The molecular formula is C13H22N2O4. The Bertz CT molecular complexity index is 348. The van der Waals surface area contributed by atoms with Crippen molar-refractivity contribution in [3.8, 4) is 0 Å². The molecule has 1 aliphatic heterocycles. The van der Waals surface area contributed by atoms with Crippen molar-refractivity contribution in [2.45, 2.75) is 38.1 Å². The fourth-order valence-electron chi connectivity index (χ4n) is 3.00. The van der Waals surface area contributed by atoms with Crippen molar-refractivity contribution in [1.82, 2.24) is 10.2 Å². The third-order valence-electron chi connectivity index (χ3n) is 4.17. The number of hydrogen-bond donors (Lipinski definition) is 3. The number of nitrogens with one attached hydrogen (secondary N) is 1. The first-order chi connectivity index (χ1) is 9.10. The van der Waals surface area contributed by atoms with Crippen molar-refractivity contribution in [2.75, 3.05) is 19.7 Å². The van der Waals surface area contributed by atoms with E-state index >= 15 is 0 Å². The van der Waals surface area contributed by atoms with Crippen molar-refractivity contribution in [1.29, 1.82) is 0 Å². The van der Waals surface area contributed by atoms with Crippen molar-refractivity contribution in [3.63, 3.8) is 0 Å². The minimum absolute atomic E-state index is 0.0249. The van der Waals surface area contributed by atoms with Gasteiger partial charge in [-0.05, 0) is 38.0 Å². The summed E-state index contributed by atoms with van der Waals surface area (Å²) in [7, 11) is 0. The maximum atomic E-state index is 12.1. The van der Waals surface area contributed by atoms with Gasteiger partial charge in [-0.1, -0.05) is 0 Å². The zero-order chi connectivity index (χ0) is 13.8. The monoisotopic (exact) mass is 270 g/mol. The minimum Gasteiger partial charge on any atom is -0.481 e. The van der Waals surface area contributed by atoms with Gasteiger partial charge in [-0.15, -0.1) is 0 Å². The second kappa shape index (κ2) is 6.23. The van der Waals surface area contributed by atoms with Crippen LogP contribution in [0.3, 0.4) is 0 Å². The number of urea groups is 1. The number of hydrogen-bond acceptors (Lipinski definition) is 3. The Morgan fingerprint density at radius 3 is 2.68 bits per heavy atom. The van der Waals surface area contributed by atoms with E-state index in [0.29, 0.717) is 19.4 Å². The van der Waals surface area contributed by atoms with Crippen LogP contribution in [0, 0.1) is 11.8 Å². The van der Waals surface area contributed by atoms with Gasteiger partial charge in [0.2, 0.25) is 0 Å². The van der Waals surface area contributed by atoms with Gasteiger partial charge < -0.3 is 20.4 Å². The number of aliphatic hydroxyl groups excluding tert-OH is 1. The van der Waals surface area contributed by atoms with Gasteiger partial charge >= 0.3 is 12.0 Å². The van der Waals surface area contributed by atoms with Crippen LogP contribution in [0.15, 0.2) is 0 Å². The van der Waals surface area contributed by atoms with E-state index in [4.69, 9.17) is 10.2 Å². The first kappa shape index (κ1) is 14.1. The van der Waals surface area contributed by atoms with E-state index in [0.717, 1.165) is 25.8 Å². The van der Waals surface area contributed by atoms with Gasteiger partial charge in [-0.25, -0.2) is 4.79 Å². The fourth-order valence-corrected chi connectivity index (χ4v) is 3.00. The first-order valence-electron chi connectivity index (χ1n) is 6.99. The summed E-state index contributed by atoms with van der Waals surface area (Å²) in [5.41, 5.74) is 0. The summed E-state index contributed by atoms with van der Waals surface area (Å²) in [5.74, 6) is -0.915. The van der Waals surface area contributed by atoms with Gasteiger partial charge in [0.25, 0.3) is 0 Å². The van der Waals surface area contributed by atoms with Crippen molar-refractivity contribution in [2.24, 2.45) is 11.8 Å². The number of carboxylic acid groups (broad SMARTS) is 1. The zero-order valence-corrected chi connectivity index (χ0v) is 11.0. The lowest BCUT2D eigenvalue weighted by molar-refractivity contribution is -0.141. The van der Waals surface area contributed by atoms with E-state index in [9.17, 15) is 9.59 Å². The van der Waals surface area contributed by atoms with Crippen molar-refractivity contribution in [3.05, 3.63) is 0 Å². The topological polar surface area (TPSA) is 89.9 Å². The third kappa shape index (κ3) is 3.59. The molecule has 1 aliphatic carbocycles. The van der Waals surface area contributed by atoms with Crippen LogP contribution in [0.1, 0.15) is 32.1 Å². The van der Waals surface area contributed by atoms with Crippen LogP contribution in [0.5, 0.6) is 0 Å². The maximum absolute atomic E-state index is 12.1. The normalized spacial score (nSPS) is 31.2. The van der Waals surface area contributed by atoms with E-state index in [1.165, 1.54) is 0 Å². The van der Waals surface area contributed by atoms with E-state index in [-0.39, 0.29) is 30.5 Å². The molecule has 6 heteroatoms. The van der Waals surface area contributed by atoms with E-state index in [2.05, 4.69) is 5.32 Å². The summed E-state index contributed by atoms with van der Waals surface area (Å²) in [6.45, 7) is 1.43. The second-order valence-corrected chi connectivity index (χ2v) is 5.63. The number of amides is 2. The molecule has 0 bridgehead atoms. The summed E-state index contributed by atoms with van der Waals surface area (Å²) < 4.78 is 0. The average molecular weight is 270 g/mol. The quantitative estimate of drug-likeness (QED) is 0.702. The van der Waals surface area contributed by atoms with Gasteiger partial charge in [-0.3, -0.25) is 4.79 Å². The van der Waals surface area contributed by atoms with Crippen molar-refractivity contribution < 1.29 is 19.8 Å². The van der Waals surface area contributed by atoms with E-state index in [1.54, 1.807) is 4.90 Å². The van der Waals surface area contributed by atoms with Crippen LogP contribution in [0.25, 0.3) is 0 Å². The molecule has 2 amide bonds. The predicted octanol–water partition coefficient (Wildman–Crippen LogP) is 0.654. The number of carbonyl (C=O) groups excluding carboxylic acids is 1. The molecule has 0 radical (unpaired) electrons. The van der Waals surface area contributed by atoms with Gasteiger partial charge in [-0.2, -0.15) is 0 Å². The lowest BCUT2D eigenvalue weighted by atomic mass is 9.99. The number of rotatable bonds is 3. The average Bonchev–Trinajstić information content (AvgIpc) is 2.87. The van der Waals surface area contributed by atoms with Gasteiger partial charge in [0, 0.05) is 25.7 Å². The molecule has 108 valence electrons. The Balaban J connectivity index is 1.79. The Hall–Kier alpha value is -1.30. The summed E-state index contributed by atoms with van der Waals surface area (Å²) in [6, 6.07) is -0.141. The molecule has 1 saturated carbocycles. The summed E-state index contributed by atoms with van der Waals surface area (Å²) in [5, 5.41) is 21.0. The molecule has 0 aromatic heterocycles. The number of carboxylic acids is 1. The highest BCUT2D eigenvalue weighted by Crippen LogP contribution is 2.26. The Morgan fingerprint density at radius 2 is 2.05 bits per heavy atom. The van der Waals surface area contributed by atoms with Crippen LogP contribution in [0.2, 0.25) is 0 Å². The number of piperidine rings is 1. The number of nitrogens with zero attached hydrogens (tertiary/aromatic N) is 1. The fraction of sp³-hybridized carbons (Fsp3) is 0.846. The summed E-state index contributed by atoms with van der Waals surface area (Å²) in [4.78, 5) is 24.7. The molecule has 2 rings (SSSR count). The Morgan fingerprint density at radius 1 is 1.26 bits per heavy atom. The molecule has 2 fully saturated rings. The van der Waals surface area contributed by atoms with Crippen LogP contribution in [-0.2, 0) is 4.79 Å². The molecule has 2 aliphatic rings. The lowest BCUT2D eigenvalue weighted by Gasteiger charge is -2.32. The second-order valence-electron chi connectivity index (χ2n) is 5.63. The number of carbonyl (C=O) groups is 2. The number of likely N-dealkylation sites (tertiary alicyclic amines) is 1. The molecule has 19 heavy (non-hydrogen) atoms. The third-order valence-corrected chi connectivity index (χ3v) is 4.17. The maximum Gasteiger partial charge on any atom is 0.317 e. The lowest BCUT2D eigenvalue weighted by Crippen LogP contribution is -2.48. The SMILES string of the molecule is O=C(O)C1CCC(NC(=O)N2CCCC(CO)C2)C1. The highest BCUT2D eigenvalue weighted by atomic mass is 16.4. The van der Waals surface area contributed by atoms with Crippen LogP contribution in [-0.4, -0.2) is 52.9 Å². The molecular weight excluding hydrogens is 248 g/mol. The van der Waals surface area contributed by atoms with Crippen LogP contribution in [0.4, 0.5) is 4.79 Å². The highest BCUT2D eigenvalue weighted by Gasteiger charge is 2.32. The molecule has 0 aromatic carbocycles. The molecule has 3 atom stereocenters. The molecule has 6 nitrogen and oxygen atoms in total. The summed E-state index contributed by atoms with van der Waals surface area (Å²) >= 11 is 0. The molecule has 3 N–H and O–H groups in total. The standard InChI is InChI=1S/C13H22N2O4/c16-8-9-2-1-5-15(7-9)13(19)14-11-4-3-10(6-11)12(17)18/h9-11,16H,1-8H2,(H,14,19)(H,17,18). The number of aliphatic hydroxyl groups is 1. The predicted molar refractivity (Wildman–Crippen MR) is 68.7 cm³/mol. The van der Waals surface area contributed by atoms with E-state index < -0.39 is 5.97 Å². The molecule has 3 unspecified atom stereocenters. The van der Waals surface area contributed by atoms with Crippen LogP contribution < -0.4 is 5.32 Å². The Labute approximate surface area is 112 Å². The smallest absolute Gasteiger partial charge is 0.317 e.